The summed E-state index contributed by atoms with van der Waals surface area (Å²) < 4.78 is 15.6. The summed E-state index contributed by atoms with van der Waals surface area (Å²) in [6.45, 7) is 9.61. The van der Waals surface area contributed by atoms with Gasteiger partial charge in [-0.1, -0.05) is 40.5 Å². The van der Waals surface area contributed by atoms with Gasteiger partial charge in [0.2, 0.25) is 0 Å². The lowest BCUT2D eigenvalue weighted by Gasteiger charge is -2.28. The van der Waals surface area contributed by atoms with Crippen LogP contribution in [0.1, 0.15) is 64.5 Å². The molecule has 0 spiro atoms. The summed E-state index contributed by atoms with van der Waals surface area (Å²) in [4.78, 5) is 0. The molecule has 0 heterocycles. The van der Waals surface area contributed by atoms with E-state index in [4.69, 9.17) is 20.9 Å². The summed E-state index contributed by atoms with van der Waals surface area (Å²) in [6.07, 6.45) is 3.96. The average molecular weight is 714 g/mol. The molecule has 4 N–H and O–H groups in total. The van der Waals surface area contributed by atoms with E-state index in [1.807, 2.05) is 0 Å². The Balaban J connectivity index is 2.28. The van der Waals surface area contributed by atoms with Crippen LogP contribution in [0.2, 0.25) is 0 Å². The Morgan fingerprint density at radius 3 is 1.27 bits per heavy atom. The number of halogens is 4. The van der Waals surface area contributed by atoms with E-state index in [1.54, 1.807) is 0 Å². The predicted octanol–water partition coefficient (Wildman–Crippen LogP) is 8.07. The maximum absolute atomic E-state index is 6.12. The Morgan fingerprint density at radius 1 is 0.697 bits per heavy atom. The van der Waals surface area contributed by atoms with Crippen molar-refractivity contribution < 1.29 is 9.47 Å². The fourth-order valence-corrected chi connectivity index (χ4v) is 6.40. The molecule has 184 valence electrons. The zero-order valence-corrected chi connectivity index (χ0v) is 26.0. The highest BCUT2D eigenvalue weighted by Crippen LogP contribution is 2.44. The number of rotatable bonds is 12. The monoisotopic (exact) mass is 710 g/mol. The molecule has 2 aromatic carbocycles. The summed E-state index contributed by atoms with van der Waals surface area (Å²) >= 11 is 14.8. The SMILES string of the molecule is CCCC(N)COc1c(Br)cc(C(C)(C)c2cc(Br)c(OCC(N)CCC)c(Br)c2)cc1Br. The van der Waals surface area contributed by atoms with Crippen molar-refractivity contribution in [1.82, 2.24) is 0 Å². The van der Waals surface area contributed by atoms with Crippen molar-refractivity contribution in [2.75, 3.05) is 13.2 Å². The Morgan fingerprint density at radius 2 is 1.00 bits per heavy atom. The van der Waals surface area contributed by atoms with Gasteiger partial charge in [0.05, 0.1) is 17.9 Å². The molecule has 2 rings (SSSR count). The third-order valence-electron chi connectivity index (χ3n) is 5.64. The molecule has 0 bridgehead atoms. The van der Waals surface area contributed by atoms with Gasteiger partial charge >= 0.3 is 0 Å². The average Bonchev–Trinajstić information content (AvgIpc) is 2.72. The lowest BCUT2D eigenvalue weighted by atomic mass is 9.78. The Bertz CT molecular complexity index is 817. The standard InChI is InChI=1S/C25H34Br4N2O2/c1-5-7-17(30)13-32-23-19(26)9-15(10-20(23)27)25(3,4)16-11-21(28)24(22(29)12-16)33-14-18(31)8-6-2/h9-12,17-18H,5-8,13-14,30-31H2,1-4H3. The van der Waals surface area contributed by atoms with E-state index in [9.17, 15) is 0 Å². The molecule has 8 heteroatoms. The van der Waals surface area contributed by atoms with Crippen LogP contribution >= 0.6 is 63.7 Å². The maximum atomic E-state index is 6.12. The van der Waals surface area contributed by atoms with E-state index >= 15 is 0 Å². The van der Waals surface area contributed by atoms with Crippen molar-refractivity contribution in [3.63, 3.8) is 0 Å². The van der Waals surface area contributed by atoms with E-state index in [2.05, 4.69) is 116 Å². The normalized spacial score (nSPS) is 13.6. The van der Waals surface area contributed by atoms with Crippen LogP contribution < -0.4 is 20.9 Å². The number of ether oxygens (including phenoxy) is 2. The second-order valence-electron chi connectivity index (χ2n) is 8.88. The van der Waals surface area contributed by atoms with Crippen molar-refractivity contribution in [2.24, 2.45) is 11.5 Å². The summed E-state index contributed by atoms with van der Waals surface area (Å²) in [5.74, 6) is 1.55. The van der Waals surface area contributed by atoms with Crippen molar-refractivity contribution in [3.05, 3.63) is 53.3 Å². The van der Waals surface area contributed by atoms with Crippen molar-refractivity contribution in [2.45, 2.75) is 70.9 Å². The molecule has 2 aromatic rings. The third kappa shape index (κ3) is 7.94. The molecule has 0 radical (unpaired) electrons. The zero-order chi connectivity index (χ0) is 24.8. The smallest absolute Gasteiger partial charge is 0.147 e. The lowest BCUT2D eigenvalue weighted by molar-refractivity contribution is 0.278. The van der Waals surface area contributed by atoms with Gasteiger partial charge in [-0.15, -0.1) is 0 Å². The Hall–Kier alpha value is -0.120. The number of benzene rings is 2. The highest BCUT2D eigenvalue weighted by molar-refractivity contribution is 9.11. The fourth-order valence-electron chi connectivity index (χ4n) is 3.57. The molecular weight excluding hydrogens is 680 g/mol. The van der Waals surface area contributed by atoms with Crippen molar-refractivity contribution in [1.29, 1.82) is 0 Å². The van der Waals surface area contributed by atoms with E-state index in [1.165, 1.54) is 0 Å². The number of hydrogen-bond acceptors (Lipinski definition) is 4. The van der Waals surface area contributed by atoms with Crippen LogP contribution in [0, 0.1) is 0 Å². The van der Waals surface area contributed by atoms with Crippen LogP contribution in [-0.4, -0.2) is 25.3 Å². The first-order valence-corrected chi connectivity index (χ1v) is 14.4. The van der Waals surface area contributed by atoms with Gasteiger partial charge < -0.3 is 20.9 Å². The minimum absolute atomic E-state index is 0.0249. The minimum atomic E-state index is -0.273. The van der Waals surface area contributed by atoms with Gasteiger partial charge in [-0.25, -0.2) is 0 Å². The summed E-state index contributed by atoms with van der Waals surface area (Å²) in [5, 5.41) is 0. The van der Waals surface area contributed by atoms with Gasteiger partial charge in [0.15, 0.2) is 0 Å². The first-order chi connectivity index (χ1) is 15.5. The van der Waals surface area contributed by atoms with Gasteiger partial charge in [-0.2, -0.15) is 0 Å². The Kier molecular flexibility index (Phi) is 11.7. The molecule has 0 saturated carbocycles. The van der Waals surface area contributed by atoms with Crippen LogP contribution in [0.3, 0.4) is 0 Å². The van der Waals surface area contributed by atoms with Gasteiger partial charge in [0, 0.05) is 17.5 Å². The quantitative estimate of drug-likeness (QED) is 0.234. The van der Waals surface area contributed by atoms with Gasteiger partial charge in [-0.05, 0) is 112 Å². The molecule has 0 saturated heterocycles. The summed E-state index contributed by atoms with van der Waals surface area (Å²) in [6, 6.07) is 8.50. The molecular formula is C25H34Br4N2O2. The highest BCUT2D eigenvalue weighted by atomic mass is 79.9. The van der Waals surface area contributed by atoms with Crippen molar-refractivity contribution in [3.8, 4) is 11.5 Å². The molecule has 33 heavy (non-hydrogen) atoms. The summed E-state index contributed by atoms with van der Waals surface area (Å²) in [7, 11) is 0. The van der Waals surface area contributed by atoms with E-state index in [-0.39, 0.29) is 17.5 Å². The second kappa shape index (κ2) is 13.3. The van der Waals surface area contributed by atoms with Crippen LogP contribution in [-0.2, 0) is 5.41 Å². The largest absolute Gasteiger partial charge is 0.490 e. The van der Waals surface area contributed by atoms with E-state index in [0.717, 1.165) is 66.2 Å². The zero-order valence-electron chi connectivity index (χ0n) is 19.7. The topological polar surface area (TPSA) is 70.5 Å². The van der Waals surface area contributed by atoms with Crippen LogP contribution in [0.4, 0.5) is 0 Å². The molecule has 2 unspecified atom stereocenters. The maximum Gasteiger partial charge on any atom is 0.147 e. The molecule has 2 atom stereocenters. The van der Waals surface area contributed by atoms with Gasteiger partial charge in [0.25, 0.3) is 0 Å². The van der Waals surface area contributed by atoms with Crippen LogP contribution in [0.25, 0.3) is 0 Å². The predicted molar refractivity (Wildman–Crippen MR) is 153 cm³/mol. The number of nitrogens with two attached hydrogens (primary N) is 2. The molecule has 0 aliphatic rings. The van der Waals surface area contributed by atoms with Crippen molar-refractivity contribution >= 4 is 63.7 Å². The lowest BCUT2D eigenvalue weighted by Crippen LogP contribution is -2.27. The molecule has 0 aromatic heterocycles. The van der Waals surface area contributed by atoms with Crippen LogP contribution in [0.15, 0.2) is 42.2 Å². The second-order valence-corrected chi connectivity index (χ2v) is 12.3. The molecule has 0 fully saturated rings. The summed E-state index contributed by atoms with van der Waals surface area (Å²) in [5.41, 5.74) is 14.2. The van der Waals surface area contributed by atoms with E-state index < -0.39 is 0 Å². The molecule has 4 nitrogen and oxygen atoms in total. The number of hydrogen-bond donors (Lipinski definition) is 2. The van der Waals surface area contributed by atoms with Gasteiger partial charge in [0.1, 0.15) is 24.7 Å². The third-order valence-corrected chi connectivity index (χ3v) is 8.00. The molecule has 0 aliphatic carbocycles. The Labute approximate surface area is 232 Å². The van der Waals surface area contributed by atoms with Gasteiger partial charge in [-0.3, -0.25) is 0 Å². The highest BCUT2D eigenvalue weighted by Gasteiger charge is 2.27. The van der Waals surface area contributed by atoms with Crippen LogP contribution in [0.5, 0.6) is 11.5 Å². The first kappa shape index (κ1) is 29.1. The fraction of sp³-hybridized carbons (Fsp3) is 0.520. The molecule has 0 aliphatic heterocycles. The first-order valence-electron chi connectivity index (χ1n) is 11.3. The molecule has 0 amide bonds. The van der Waals surface area contributed by atoms with E-state index in [0.29, 0.717) is 13.2 Å². The minimum Gasteiger partial charge on any atom is -0.490 e.